The third-order valence-corrected chi connectivity index (χ3v) is 2.96. The van der Waals surface area contributed by atoms with Crippen molar-refractivity contribution in [3.8, 4) is 0 Å². The van der Waals surface area contributed by atoms with Gasteiger partial charge in [0.1, 0.15) is 0 Å². The van der Waals surface area contributed by atoms with E-state index in [-0.39, 0.29) is 0 Å². The lowest BCUT2D eigenvalue weighted by atomic mass is 10.0. The van der Waals surface area contributed by atoms with Gasteiger partial charge >= 0.3 is 0 Å². The molecule has 15 heavy (non-hydrogen) atoms. The lowest BCUT2D eigenvalue weighted by molar-refractivity contribution is 0.414. The molecule has 92 valence electrons. The van der Waals surface area contributed by atoms with Crippen LogP contribution in [0.4, 0.5) is 0 Å². The molecular formula is C13H30N2. The van der Waals surface area contributed by atoms with Crippen LogP contribution >= 0.6 is 0 Å². The molecule has 2 unspecified atom stereocenters. The Morgan fingerprint density at radius 2 is 1.80 bits per heavy atom. The second-order valence-corrected chi connectivity index (χ2v) is 4.84. The van der Waals surface area contributed by atoms with Gasteiger partial charge in [-0.1, -0.05) is 33.1 Å². The fraction of sp³-hybridized carbons (Fsp3) is 1.00. The van der Waals surface area contributed by atoms with Gasteiger partial charge in [-0.25, -0.2) is 0 Å². The van der Waals surface area contributed by atoms with Crippen molar-refractivity contribution in [1.82, 2.24) is 5.32 Å². The molecule has 2 heteroatoms. The number of nitrogens with two attached hydrogens (primary N) is 1. The molecule has 0 bridgehead atoms. The lowest BCUT2D eigenvalue weighted by Gasteiger charge is -2.17. The van der Waals surface area contributed by atoms with Crippen LogP contribution in [0.5, 0.6) is 0 Å². The maximum absolute atomic E-state index is 5.49. The Kier molecular flexibility index (Phi) is 10.4. The highest BCUT2D eigenvalue weighted by atomic mass is 14.9. The van der Waals surface area contributed by atoms with Gasteiger partial charge in [0.15, 0.2) is 0 Å². The second-order valence-electron chi connectivity index (χ2n) is 4.84. The fourth-order valence-corrected chi connectivity index (χ4v) is 1.77. The normalized spacial score (nSPS) is 15.2. The SMILES string of the molecule is CCCCCC(C)NCC(C)CCCN. The van der Waals surface area contributed by atoms with E-state index in [9.17, 15) is 0 Å². The van der Waals surface area contributed by atoms with Crippen LogP contribution in [0.25, 0.3) is 0 Å². The number of nitrogens with one attached hydrogen (secondary N) is 1. The van der Waals surface area contributed by atoms with Crippen molar-refractivity contribution in [2.45, 2.75) is 65.3 Å². The molecule has 0 aromatic heterocycles. The lowest BCUT2D eigenvalue weighted by Crippen LogP contribution is -2.30. The predicted molar refractivity (Wildman–Crippen MR) is 69.1 cm³/mol. The zero-order chi connectivity index (χ0) is 11.5. The molecule has 0 aliphatic carbocycles. The second kappa shape index (κ2) is 10.4. The van der Waals surface area contributed by atoms with Crippen LogP contribution in [0, 0.1) is 5.92 Å². The average Bonchev–Trinajstić information content (AvgIpc) is 2.24. The van der Waals surface area contributed by atoms with Gasteiger partial charge in [-0.15, -0.1) is 0 Å². The summed E-state index contributed by atoms with van der Waals surface area (Å²) in [5.74, 6) is 0.766. The average molecular weight is 214 g/mol. The predicted octanol–water partition coefficient (Wildman–Crippen LogP) is 2.92. The molecule has 0 spiro atoms. The minimum Gasteiger partial charge on any atom is -0.330 e. The summed E-state index contributed by atoms with van der Waals surface area (Å²) in [4.78, 5) is 0. The first-order valence-corrected chi connectivity index (χ1v) is 6.64. The Morgan fingerprint density at radius 3 is 2.40 bits per heavy atom. The van der Waals surface area contributed by atoms with Crippen molar-refractivity contribution in [2.75, 3.05) is 13.1 Å². The minimum absolute atomic E-state index is 0.678. The van der Waals surface area contributed by atoms with Gasteiger partial charge in [-0.2, -0.15) is 0 Å². The maximum atomic E-state index is 5.49. The van der Waals surface area contributed by atoms with Crippen LogP contribution in [-0.4, -0.2) is 19.1 Å². The van der Waals surface area contributed by atoms with E-state index in [0.29, 0.717) is 6.04 Å². The van der Waals surface area contributed by atoms with Gasteiger partial charge < -0.3 is 11.1 Å². The number of hydrogen-bond donors (Lipinski definition) is 2. The monoisotopic (exact) mass is 214 g/mol. The molecule has 0 aromatic rings. The van der Waals surface area contributed by atoms with Crippen LogP contribution < -0.4 is 11.1 Å². The minimum atomic E-state index is 0.678. The largest absolute Gasteiger partial charge is 0.330 e. The summed E-state index contributed by atoms with van der Waals surface area (Å²) < 4.78 is 0. The van der Waals surface area contributed by atoms with Crippen LogP contribution in [0.15, 0.2) is 0 Å². The van der Waals surface area contributed by atoms with Crippen molar-refractivity contribution in [3.05, 3.63) is 0 Å². The molecule has 0 aliphatic rings. The molecule has 0 fully saturated rings. The Balaban J connectivity index is 3.31. The highest BCUT2D eigenvalue weighted by Crippen LogP contribution is 2.06. The molecule has 0 radical (unpaired) electrons. The van der Waals surface area contributed by atoms with Crippen LogP contribution in [0.2, 0.25) is 0 Å². The molecule has 0 rings (SSSR count). The molecule has 0 saturated heterocycles. The number of hydrogen-bond acceptors (Lipinski definition) is 2. The molecule has 0 aliphatic heterocycles. The first-order valence-electron chi connectivity index (χ1n) is 6.64. The summed E-state index contributed by atoms with van der Waals surface area (Å²) in [5, 5.41) is 3.61. The van der Waals surface area contributed by atoms with Gasteiger partial charge in [-0.3, -0.25) is 0 Å². The van der Waals surface area contributed by atoms with E-state index < -0.39 is 0 Å². The van der Waals surface area contributed by atoms with Gasteiger partial charge in [0.2, 0.25) is 0 Å². The summed E-state index contributed by atoms with van der Waals surface area (Å²) in [6.07, 6.45) is 7.78. The zero-order valence-corrected chi connectivity index (χ0v) is 10.9. The van der Waals surface area contributed by atoms with E-state index in [1.54, 1.807) is 0 Å². The summed E-state index contributed by atoms with van der Waals surface area (Å²) in [5.41, 5.74) is 5.49. The van der Waals surface area contributed by atoms with Crippen LogP contribution in [0.1, 0.15) is 59.3 Å². The van der Waals surface area contributed by atoms with Crippen LogP contribution in [0.3, 0.4) is 0 Å². The standard InChI is InChI=1S/C13H30N2/c1-4-5-6-9-13(3)15-11-12(2)8-7-10-14/h12-13,15H,4-11,14H2,1-3H3. The number of rotatable bonds is 10. The van der Waals surface area contributed by atoms with Gasteiger partial charge in [-0.05, 0) is 45.2 Å². The summed E-state index contributed by atoms with van der Waals surface area (Å²) in [6, 6.07) is 0.678. The van der Waals surface area contributed by atoms with Crippen molar-refractivity contribution in [1.29, 1.82) is 0 Å². The summed E-state index contributed by atoms with van der Waals surface area (Å²) in [6.45, 7) is 8.84. The van der Waals surface area contributed by atoms with E-state index in [4.69, 9.17) is 5.73 Å². The van der Waals surface area contributed by atoms with E-state index in [2.05, 4.69) is 26.1 Å². The highest BCUT2D eigenvalue weighted by molar-refractivity contribution is 4.64. The molecule has 0 saturated carbocycles. The van der Waals surface area contributed by atoms with Crippen molar-refractivity contribution in [2.24, 2.45) is 11.7 Å². The van der Waals surface area contributed by atoms with Gasteiger partial charge in [0.05, 0.1) is 0 Å². The van der Waals surface area contributed by atoms with Crippen LogP contribution in [-0.2, 0) is 0 Å². The Bertz CT molecular complexity index is 126. The third kappa shape index (κ3) is 10.2. The van der Waals surface area contributed by atoms with Crippen molar-refractivity contribution < 1.29 is 0 Å². The topological polar surface area (TPSA) is 38.0 Å². The van der Waals surface area contributed by atoms with Gasteiger partial charge in [0, 0.05) is 6.04 Å². The molecule has 3 N–H and O–H groups in total. The highest BCUT2D eigenvalue weighted by Gasteiger charge is 2.04. The molecule has 0 heterocycles. The summed E-state index contributed by atoms with van der Waals surface area (Å²) >= 11 is 0. The van der Waals surface area contributed by atoms with E-state index >= 15 is 0 Å². The Hall–Kier alpha value is -0.0800. The quantitative estimate of drug-likeness (QED) is 0.549. The van der Waals surface area contributed by atoms with Crippen molar-refractivity contribution >= 4 is 0 Å². The maximum Gasteiger partial charge on any atom is 0.00388 e. The fourth-order valence-electron chi connectivity index (χ4n) is 1.77. The van der Waals surface area contributed by atoms with E-state index in [1.807, 2.05) is 0 Å². The van der Waals surface area contributed by atoms with E-state index in [0.717, 1.165) is 25.4 Å². The zero-order valence-electron chi connectivity index (χ0n) is 10.9. The molecular weight excluding hydrogens is 184 g/mol. The van der Waals surface area contributed by atoms with E-state index in [1.165, 1.54) is 32.1 Å². The Morgan fingerprint density at radius 1 is 1.07 bits per heavy atom. The summed E-state index contributed by atoms with van der Waals surface area (Å²) in [7, 11) is 0. The first-order chi connectivity index (χ1) is 7.20. The molecule has 0 aromatic carbocycles. The van der Waals surface area contributed by atoms with Gasteiger partial charge in [0.25, 0.3) is 0 Å². The Labute approximate surface area is 96.0 Å². The molecule has 2 atom stereocenters. The van der Waals surface area contributed by atoms with Crippen molar-refractivity contribution in [3.63, 3.8) is 0 Å². The number of unbranched alkanes of at least 4 members (excludes halogenated alkanes) is 2. The first kappa shape index (κ1) is 14.9. The third-order valence-electron chi connectivity index (χ3n) is 2.96. The molecule has 0 amide bonds. The smallest absolute Gasteiger partial charge is 0.00388 e. The molecule has 2 nitrogen and oxygen atoms in total.